The Morgan fingerprint density at radius 3 is 1.74 bits per heavy atom. The molecule has 7 nitrogen and oxygen atoms in total. The molecule has 1 amide bonds. The Morgan fingerprint density at radius 2 is 1.20 bits per heavy atom. The second-order valence-corrected chi connectivity index (χ2v) is 8.45. The quantitative estimate of drug-likeness (QED) is 0.302. The van der Waals surface area contributed by atoms with Crippen molar-refractivity contribution in [1.82, 2.24) is 0 Å². The highest BCUT2D eigenvalue weighted by Crippen LogP contribution is 2.30. The predicted molar refractivity (Wildman–Crippen MR) is 133 cm³/mol. The van der Waals surface area contributed by atoms with E-state index in [0.29, 0.717) is 35.1 Å². The van der Waals surface area contributed by atoms with Crippen LogP contribution in [0.25, 0.3) is 0 Å². The average Bonchev–Trinajstić information content (AvgIpc) is 2.88. The third kappa shape index (κ3) is 6.19. The number of benzene rings is 3. The Labute approximate surface area is 206 Å². The van der Waals surface area contributed by atoms with Crippen LogP contribution < -0.4 is 18.9 Å². The summed E-state index contributed by atoms with van der Waals surface area (Å²) < 4.78 is 21.4. The fourth-order valence-corrected chi connectivity index (χ4v) is 4.00. The predicted octanol–water partition coefficient (Wildman–Crippen LogP) is 4.32. The molecule has 35 heavy (non-hydrogen) atoms. The van der Waals surface area contributed by atoms with Crippen LogP contribution in [0.5, 0.6) is 23.0 Å². The van der Waals surface area contributed by atoms with Gasteiger partial charge in [-0.05, 0) is 35.9 Å². The van der Waals surface area contributed by atoms with Crippen molar-refractivity contribution in [1.29, 1.82) is 0 Å². The number of rotatable bonds is 11. The summed E-state index contributed by atoms with van der Waals surface area (Å²) in [6.45, 7) is 0.329. The SMILES string of the molecule is COc1ccc(CC(=O)[N+](C)(CC(=O)c2ccccc2)Cc2ccc(OC)c(OC)c2)cc1OC. The van der Waals surface area contributed by atoms with Crippen molar-refractivity contribution >= 4 is 11.7 Å². The number of carbonyl (C=O) groups excluding carboxylic acids is 2. The Morgan fingerprint density at radius 1 is 0.686 bits per heavy atom. The molecule has 0 spiro atoms. The van der Waals surface area contributed by atoms with Crippen LogP contribution in [0.3, 0.4) is 0 Å². The molecule has 0 saturated heterocycles. The lowest BCUT2D eigenvalue weighted by Crippen LogP contribution is -2.52. The van der Waals surface area contributed by atoms with Crippen LogP contribution in [-0.4, -0.2) is 58.2 Å². The normalized spacial score (nSPS) is 12.4. The molecule has 0 aliphatic rings. The van der Waals surface area contributed by atoms with Gasteiger partial charge in [-0.25, -0.2) is 4.79 Å². The maximum absolute atomic E-state index is 13.7. The van der Waals surface area contributed by atoms with Crippen LogP contribution in [0, 0.1) is 0 Å². The minimum Gasteiger partial charge on any atom is -0.493 e. The van der Waals surface area contributed by atoms with Crippen molar-refractivity contribution in [3.05, 3.63) is 83.4 Å². The molecule has 7 heteroatoms. The molecular weight excluding hydrogens is 446 g/mol. The molecule has 0 bridgehead atoms. The van der Waals surface area contributed by atoms with Crippen molar-refractivity contribution in [2.75, 3.05) is 42.0 Å². The first-order chi connectivity index (χ1) is 16.8. The zero-order valence-electron chi connectivity index (χ0n) is 20.9. The monoisotopic (exact) mass is 478 g/mol. The van der Waals surface area contributed by atoms with Crippen LogP contribution in [0.2, 0.25) is 0 Å². The van der Waals surface area contributed by atoms with Gasteiger partial charge in [0.15, 0.2) is 23.0 Å². The van der Waals surface area contributed by atoms with Gasteiger partial charge in [0.1, 0.15) is 13.1 Å². The number of amides is 1. The minimum atomic E-state index is -0.114. The first-order valence-electron chi connectivity index (χ1n) is 11.2. The number of carbonyl (C=O) groups is 2. The van der Waals surface area contributed by atoms with Crippen LogP contribution in [0.1, 0.15) is 21.5 Å². The number of likely N-dealkylation sites (N-methyl/N-ethyl adjacent to an activating group) is 1. The van der Waals surface area contributed by atoms with Gasteiger partial charge < -0.3 is 18.9 Å². The van der Waals surface area contributed by atoms with E-state index in [0.717, 1.165) is 11.1 Å². The van der Waals surface area contributed by atoms with Crippen LogP contribution in [-0.2, 0) is 17.8 Å². The number of ketones is 1. The van der Waals surface area contributed by atoms with Crippen molar-refractivity contribution in [2.45, 2.75) is 13.0 Å². The maximum atomic E-state index is 13.7. The lowest BCUT2D eigenvalue weighted by Gasteiger charge is -2.31. The maximum Gasteiger partial charge on any atom is 0.318 e. The largest absolute Gasteiger partial charge is 0.493 e. The Bertz CT molecular complexity index is 1180. The van der Waals surface area contributed by atoms with E-state index in [-0.39, 0.29) is 29.1 Å². The third-order valence-corrected chi connectivity index (χ3v) is 5.97. The van der Waals surface area contributed by atoms with E-state index < -0.39 is 0 Å². The van der Waals surface area contributed by atoms with E-state index in [9.17, 15) is 9.59 Å². The van der Waals surface area contributed by atoms with E-state index >= 15 is 0 Å². The summed E-state index contributed by atoms with van der Waals surface area (Å²) in [5, 5.41) is 0. The second kappa shape index (κ2) is 11.5. The van der Waals surface area contributed by atoms with Crippen LogP contribution in [0.15, 0.2) is 66.7 Å². The first-order valence-corrected chi connectivity index (χ1v) is 11.2. The molecule has 3 aromatic carbocycles. The van der Waals surface area contributed by atoms with Crippen LogP contribution >= 0.6 is 0 Å². The summed E-state index contributed by atoms with van der Waals surface area (Å²) in [5.74, 6) is 2.10. The lowest BCUT2D eigenvalue weighted by molar-refractivity contribution is -0.839. The highest BCUT2D eigenvalue weighted by atomic mass is 16.5. The highest BCUT2D eigenvalue weighted by molar-refractivity contribution is 5.97. The zero-order chi connectivity index (χ0) is 25.4. The molecule has 0 fully saturated rings. The van der Waals surface area contributed by atoms with Gasteiger partial charge in [0.05, 0.1) is 41.9 Å². The van der Waals surface area contributed by atoms with Gasteiger partial charge >= 0.3 is 5.91 Å². The summed E-state index contributed by atoms with van der Waals surface area (Å²) in [6.07, 6.45) is 0.131. The molecule has 0 N–H and O–H groups in total. The molecule has 1 atom stereocenters. The molecular formula is C28H32NO6+. The fraction of sp³-hybridized carbons (Fsp3) is 0.286. The fourth-order valence-electron chi connectivity index (χ4n) is 4.00. The van der Waals surface area contributed by atoms with E-state index in [1.54, 1.807) is 65.8 Å². The molecule has 0 aromatic heterocycles. The molecule has 1 unspecified atom stereocenters. The molecule has 0 aliphatic heterocycles. The van der Waals surface area contributed by atoms with Crippen LogP contribution in [0.4, 0.5) is 0 Å². The van der Waals surface area contributed by atoms with Crippen molar-refractivity contribution < 1.29 is 33.0 Å². The van der Waals surface area contributed by atoms with Gasteiger partial charge in [-0.1, -0.05) is 36.4 Å². The lowest BCUT2D eigenvalue weighted by atomic mass is 10.1. The number of quaternary nitrogens is 1. The summed E-state index contributed by atoms with van der Waals surface area (Å²) in [7, 11) is 8.05. The Balaban J connectivity index is 1.93. The van der Waals surface area contributed by atoms with Gasteiger partial charge in [-0.3, -0.25) is 9.28 Å². The first kappa shape index (κ1) is 25.8. The van der Waals surface area contributed by atoms with E-state index in [2.05, 4.69) is 0 Å². The molecule has 3 aromatic rings. The molecule has 0 radical (unpaired) electrons. The minimum absolute atomic E-state index is 0.0183. The molecule has 0 aliphatic carbocycles. The summed E-state index contributed by atoms with van der Waals surface area (Å²) in [6, 6.07) is 19.9. The number of methoxy groups -OCH3 is 4. The highest BCUT2D eigenvalue weighted by Gasteiger charge is 2.35. The smallest absolute Gasteiger partial charge is 0.318 e. The summed E-state index contributed by atoms with van der Waals surface area (Å²) in [5.41, 5.74) is 2.20. The summed E-state index contributed by atoms with van der Waals surface area (Å²) in [4.78, 5) is 26.9. The number of hydrogen-bond donors (Lipinski definition) is 0. The van der Waals surface area contributed by atoms with E-state index in [1.165, 1.54) is 0 Å². The second-order valence-electron chi connectivity index (χ2n) is 8.45. The Hall–Kier alpha value is -3.84. The van der Waals surface area contributed by atoms with Crippen molar-refractivity contribution in [2.24, 2.45) is 0 Å². The molecule has 184 valence electrons. The van der Waals surface area contributed by atoms with Gasteiger partial charge in [-0.15, -0.1) is 0 Å². The van der Waals surface area contributed by atoms with Crippen molar-refractivity contribution in [3.63, 3.8) is 0 Å². The van der Waals surface area contributed by atoms with E-state index in [1.807, 2.05) is 36.4 Å². The number of Topliss-reactive ketones (excluding diaryl/α,β-unsaturated/α-hetero) is 1. The van der Waals surface area contributed by atoms with Crippen molar-refractivity contribution in [3.8, 4) is 23.0 Å². The Kier molecular flexibility index (Phi) is 8.49. The molecule has 0 saturated carbocycles. The third-order valence-electron chi connectivity index (χ3n) is 5.97. The average molecular weight is 479 g/mol. The van der Waals surface area contributed by atoms with Gasteiger partial charge in [0.2, 0.25) is 5.78 Å². The topological polar surface area (TPSA) is 71.1 Å². The standard InChI is InChI=1S/C28H32NO6/c1-29(19-23(30)22-9-7-6-8-10-22,18-21-12-14-25(33-3)27(16-21)35-5)28(31)17-20-11-13-24(32-2)26(15-20)34-4/h6-16H,17-19H2,1-5H3/q+1. The number of hydrogen-bond acceptors (Lipinski definition) is 6. The molecule has 3 rings (SSSR count). The zero-order valence-corrected chi connectivity index (χ0v) is 20.9. The van der Waals surface area contributed by atoms with Gasteiger partial charge in [0, 0.05) is 11.1 Å². The number of ether oxygens (including phenoxy) is 4. The summed E-state index contributed by atoms with van der Waals surface area (Å²) >= 11 is 0. The van der Waals surface area contributed by atoms with Gasteiger partial charge in [0.25, 0.3) is 0 Å². The molecule has 0 heterocycles. The number of nitrogens with zero attached hydrogens (tertiary/aromatic N) is 1. The van der Waals surface area contributed by atoms with Gasteiger partial charge in [-0.2, -0.15) is 0 Å². The van der Waals surface area contributed by atoms with E-state index in [4.69, 9.17) is 18.9 Å².